The fourth-order valence-electron chi connectivity index (χ4n) is 3.24. The van der Waals surface area contributed by atoms with Gasteiger partial charge in [0.25, 0.3) is 0 Å². The van der Waals surface area contributed by atoms with Crippen LogP contribution in [0.2, 0.25) is 0 Å². The van der Waals surface area contributed by atoms with Crippen LogP contribution in [-0.2, 0) is 6.54 Å². The highest BCUT2D eigenvalue weighted by Crippen LogP contribution is 2.40. The molecule has 1 aliphatic carbocycles. The third-order valence-corrected chi connectivity index (χ3v) is 4.22. The molecular formula is C17H18N6O. The molecule has 0 unspecified atom stereocenters. The van der Waals surface area contributed by atoms with Crippen LogP contribution in [0, 0.1) is 0 Å². The number of anilines is 1. The highest BCUT2D eigenvalue weighted by Gasteiger charge is 2.31. The molecule has 2 aromatic heterocycles. The van der Waals surface area contributed by atoms with Crippen LogP contribution in [0.1, 0.15) is 16.1 Å². The number of ketones is 1. The third-order valence-electron chi connectivity index (χ3n) is 4.22. The maximum atomic E-state index is 13.1. The zero-order valence-electron chi connectivity index (χ0n) is 13.1. The number of rotatable bonds is 5. The van der Waals surface area contributed by atoms with Crippen molar-refractivity contribution in [3.05, 3.63) is 41.7 Å². The first-order chi connectivity index (χ1) is 11.8. The van der Waals surface area contributed by atoms with Gasteiger partial charge in [-0.1, -0.05) is 0 Å². The molecule has 0 fully saturated rings. The molecule has 0 aliphatic heterocycles. The average molecular weight is 322 g/mol. The topological polar surface area (TPSA) is 112 Å². The number of aromatic nitrogens is 3. The van der Waals surface area contributed by atoms with E-state index in [0.29, 0.717) is 37.4 Å². The van der Waals surface area contributed by atoms with Crippen molar-refractivity contribution >= 4 is 22.4 Å². The second kappa shape index (κ2) is 5.70. The van der Waals surface area contributed by atoms with Crippen molar-refractivity contribution in [2.45, 2.75) is 6.54 Å². The van der Waals surface area contributed by atoms with E-state index in [1.54, 1.807) is 6.20 Å². The second-order valence-corrected chi connectivity index (χ2v) is 5.69. The van der Waals surface area contributed by atoms with E-state index in [2.05, 4.69) is 10.3 Å². The predicted octanol–water partition coefficient (Wildman–Crippen LogP) is 0.972. The molecule has 3 aromatic rings. The Hall–Kier alpha value is -2.77. The van der Waals surface area contributed by atoms with E-state index in [9.17, 15) is 4.79 Å². The van der Waals surface area contributed by atoms with Crippen LogP contribution in [0.5, 0.6) is 0 Å². The average Bonchev–Trinajstić information content (AvgIpc) is 2.97. The van der Waals surface area contributed by atoms with Crippen molar-refractivity contribution in [1.29, 1.82) is 0 Å². The van der Waals surface area contributed by atoms with E-state index >= 15 is 0 Å². The molecule has 122 valence electrons. The number of pyridine rings is 1. The minimum Gasteiger partial charge on any atom is -0.383 e. The Balaban J connectivity index is 2.05. The largest absolute Gasteiger partial charge is 0.383 e. The molecule has 0 radical (unpaired) electrons. The summed E-state index contributed by atoms with van der Waals surface area (Å²) in [5.74, 6) is -0.0875. The summed E-state index contributed by atoms with van der Waals surface area (Å²) in [6.45, 7) is 2.15. The van der Waals surface area contributed by atoms with Crippen molar-refractivity contribution < 1.29 is 4.79 Å². The monoisotopic (exact) mass is 322 g/mol. The second-order valence-electron chi connectivity index (χ2n) is 5.69. The maximum Gasteiger partial charge on any atom is 0.214 e. The van der Waals surface area contributed by atoms with Gasteiger partial charge in [-0.25, -0.2) is 0 Å². The first kappa shape index (κ1) is 14.8. The molecule has 0 amide bonds. The maximum absolute atomic E-state index is 13.1. The lowest BCUT2D eigenvalue weighted by Crippen LogP contribution is -2.18. The van der Waals surface area contributed by atoms with Crippen LogP contribution < -0.4 is 16.8 Å². The molecular weight excluding hydrogens is 304 g/mol. The number of benzene rings is 1. The van der Waals surface area contributed by atoms with Crippen molar-refractivity contribution in [2.75, 3.05) is 25.0 Å². The lowest BCUT2D eigenvalue weighted by molar-refractivity contribution is 0.103. The standard InChI is InChI=1S/C17H18N6O/c18-5-8-20-11-3-4-12-14-13(11)17(24)16-10(2-1-7-21-16)15(14)22-23(12)9-6-19/h1-4,7,20H,5-6,8-9,18-19H2. The normalized spacial score (nSPS) is 12.5. The van der Waals surface area contributed by atoms with Crippen LogP contribution in [0.25, 0.3) is 22.2 Å². The van der Waals surface area contributed by atoms with Gasteiger partial charge in [0.15, 0.2) is 0 Å². The molecule has 4 rings (SSSR count). The molecule has 1 aromatic carbocycles. The van der Waals surface area contributed by atoms with Crippen molar-refractivity contribution in [3.8, 4) is 11.3 Å². The SMILES string of the molecule is NCCNc1ccc2c3c(nn2CCN)-c2cccnc2C(=O)c13. The van der Waals surface area contributed by atoms with Gasteiger partial charge in [0, 0.05) is 42.5 Å². The Labute approximate surface area is 138 Å². The lowest BCUT2D eigenvalue weighted by Gasteiger charge is -2.17. The molecule has 0 saturated carbocycles. The molecule has 7 nitrogen and oxygen atoms in total. The van der Waals surface area contributed by atoms with Gasteiger partial charge in [0.1, 0.15) is 11.4 Å². The van der Waals surface area contributed by atoms with Crippen molar-refractivity contribution in [3.63, 3.8) is 0 Å². The summed E-state index contributed by atoms with van der Waals surface area (Å²) in [5.41, 5.74) is 15.6. The van der Waals surface area contributed by atoms with Gasteiger partial charge in [-0.15, -0.1) is 0 Å². The van der Waals surface area contributed by atoms with E-state index in [4.69, 9.17) is 16.6 Å². The Morgan fingerprint density at radius 1 is 1.12 bits per heavy atom. The number of nitrogens with two attached hydrogens (primary N) is 2. The molecule has 5 N–H and O–H groups in total. The van der Waals surface area contributed by atoms with E-state index in [1.807, 2.05) is 28.9 Å². The Kier molecular flexibility index (Phi) is 3.51. The molecule has 1 aliphatic rings. The number of nitrogens with one attached hydrogen (secondary N) is 1. The molecule has 7 heteroatoms. The zero-order valence-corrected chi connectivity index (χ0v) is 13.1. The zero-order chi connectivity index (χ0) is 16.7. The molecule has 0 bridgehead atoms. The molecule has 0 spiro atoms. The van der Waals surface area contributed by atoms with E-state index in [0.717, 1.165) is 27.8 Å². The van der Waals surface area contributed by atoms with Gasteiger partial charge in [0.2, 0.25) is 5.78 Å². The summed E-state index contributed by atoms with van der Waals surface area (Å²) < 4.78 is 1.86. The summed E-state index contributed by atoms with van der Waals surface area (Å²) in [5, 5.41) is 8.79. The highest BCUT2D eigenvalue weighted by atomic mass is 16.1. The first-order valence-corrected chi connectivity index (χ1v) is 7.94. The van der Waals surface area contributed by atoms with Gasteiger partial charge in [-0.05, 0) is 24.3 Å². The fraction of sp³-hybridized carbons (Fsp3) is 0.235. The first-order valence-electron chi connectivity index (χ1n) is 7.94. The number of fused-ring (bicyclic) bond motifs is 2. The minimum atomic E-state index is -0.0875. The van der Waals surface area contributed by atoms with Crippen molar-refractivity contribution in [1.82, 2.24) is 14.8 Å². The number of carbonyl (C=O) groups excluding carboxylic acids is 1. The number of hydrogen-bond donors (Lipinski definition) is 3. The van der Waals surface area contributed by atoms with Crippen LogP contribution in [0.15, 0.2) is 30.5 Å². The lowest BCUT2D eigenvalue weighted by atomic mass is 9.89. The van der Waals surface area contributed by atoms with Gasteiger partial charge in [-0.3, -0.25) is 14.5 Å². The van der Waals surface area contributed by atoms with Crippen LogP contribution in [0.4, 0.5) is 5.69 Å². The summed E-state index contributed by atoms with van der Waals surface area (Å²) in [6.07, 6.45) is 1.63. The predicted molar refractivity (Wildman–Crippen MR) is 93.0 cm³/mol. The summed E-state index contributed by atoms with van der Waals surface area (Å²) in [4.78, 5) is 17.3. The van der Waals surface area contributed by atoms with E-state index in [-0.39, 0.29) is 5.78 Å². The Bertz CT molecular complexity index is 946. The van der Waals surface area contributed by atoms with Crippen LogP contribution >= 0.6 is 0 Å². The Morgan fingerprint density at radius 3 is 2.79 bits per heavy atom. The van der Waals surface area contributed by atoms with E-state index < -0.39 is 0 Å². The van der Waals surface area contributed by atoms with Gasteiger partial charge >= 0.3 is 0 Å². The van der Waals surface area contributed by atoms with Crippen molar-refractivity contribution in [2.24, 2.45) is 11.5 Å². The number of carbonyl (C=O) groups is 1. The summed E-state index contributed by atoms with van der Waals surface area (Å²) in [6, 6.07) is 7.58. The third kappa shape index (κ3) is 2.02. The quantitative estimate of drug-likeness (QED) is 0.505. The van der Waals surface area contributed by atoms with Gasteiger partial charge in [-0.2, -0.15) is 5.10 Å². The highest BCUT2D eigenvalue weighted by molar-refractivity contribution is 6.26. The fourth-order valence-corrected chi connectivity index (χ4v) is 3.24. The van der Waals surface area contributed by atoms with E-state index in [1.165, 1.54) is 0 Å². The number of nitrogens with zero attached hydrogens (tertiary/aromatic N) is 3. The summed E-state index contributed by atoms with van der Waals surface area (Å²) in [7, 11) is 0. The molecule has 0 saturated heterocycles. The smallest absolute Gasteiger partial charge is 0.214 e. The van der Waals surface area contributed by atoms with Crippen LogP contribution in [-0.4, -0.2) is 40.2 Å². The molecule has 2 heterocycles. The summed E-state index contributed by atoms with van der Waals surface area (Å²) >= 11 is 0. The van der Waals surface area contributed by atoms with Gasteiger partial charge in [0.05, 0.1) is 17.6 Å². The Morgan fingerprint density at radius 2 is 2.00 bits per heavy atom. The molecule has 24 heavy (non-hydrogen) atoms. The van der Waals surface area contributed by atoms with Crippen LogP contribution in [0.3, 0.4) is 0 Å². The molecule has 0 atom stereocenters. The number of hydrogen-bond acceptors (Lipinski definition) is 6. The van der Waals surface area contributed by atoms with Gasteiger partial charge < -0.3 is 16.8 Å². The minimum absolute atomic E-state index is 0.0875.